The van der Waals surface area contributed by atoms with Gasteiger partial charge >= 0.3 is 0 Å². The minimum atomic E-state index is -2.01. The molecule has 0 spiro atoms. The molecule has 0 amide bonds. The molecule has 0 fully saturated rings. The molecule has 6 heteroatoms. The van der Waals surface area contributed by atoms with Gasteiger partial charge in [0.2, 0.25) is 0 Å². The Morgan fingerprint density at radius 1 is 1.08 bits per heavy atom. The molecule has 0 heterocycles. The molecule has 0 aromatic heterocycles. The Morgan fingerprint density at radius 2 is 1.72 bits per heavy atom. The fraction of sp³-hybridized carbons (Fsp3) is 0.633. The van der Waals surface area contributed by atoms with Gasteiger partial charge in [-0.05, 0) is 67.6 Å². The fourth-order valence-electron chi connectivity index (χ4n) is 4.06. The van der Waals surface area contributed by atoms with Gasteiger partial charge < -0.3 is 18.6 Å². The third kappa shape index (κ3) is 8.05. The number of ketones is 1. The molecule has 36 heavy (non-hydrogen) atoms. The van der Waals surface area contributed by atoms with Crippen LogP contribution in [0, 0.1) is 11.8 Å². The van der Waals surface area contributed by atoms with Gasteiger partial charge in [0, 0.05) is 19.3 Å². The van der Waals surface area contributed by atoms with E-state index < -0.39 is 14.4 Å². The first kappa shape index (κ1) is 30.3. The number of allylic oxidation sites excluding steroid dienone is 1. The zero-order valence-corrected chi connectivity index (χ0v) is 25.2. The van der Waals surface area contributed by atoms with E-state index in [4.69, 9.17) is 18.6 Å². The van der Waals surface area contributed by atoms with E-state index in [1.165, 1.54) is 0 Å². The van der Waals surface area contributed by atoms with Crippen LogP contribution >= 0.6 is 0 Å². The van der Waals surface area contributed by atoms with Crippen molar-refractivity contribution in [2.75, 3.05) is 20.8 Å². The molecular weight excluding hydrogens is 468 g/mol. The molecule has 2 atom stereocenters. The van der Waals surface area contributed by atoms with Crippen molar-refractivity contribution in [3.63, 3.8) is 0 Å². The van der Waals surface area contributed by atoms with Crippen molar-refractivity contribution in [1.82, 2.24) is 0 Å². The summed E-state index contributed by atoms with van der Waals surface area (Å²) in [5.74, 6) is 1.85. The predicted octanol–water partition coefficient (Wildman–Crippen LogP) is 7.47. The lowest BCUT2D eigenvalue weighted by Gasteiger charge is -2.38. The maximum Gasteiger partial charge on any atom is 0.192 e. The second-order valence-corrected chi connectivity index (χ2v) is 16.7. The maximum absolute atomic E-state index is 13.8. The highest BCUT2D eigenvalue weighted by Gasteiger charge is 2.41. The summed E-state index contributed by atoms with van der Waals surface area (Å²) in [5.41, 5.74) is 2.84. The molecule has 1 aromatic carbocycles. The number of rotatable bonds is 12. The van der Waals surface area contributed by atoms with Crippen molar-refractivity contribution >= 4 is 14.1 Å². The van der Waals surface area contributed by atoms with Gasteiger partial charge in [-0.3, -0.25) is 4.79 Å². The van der Waals surface area contributed by atoms with Crippen molar-refractivity contribution in [3.8, 4) is 5.75 Å². The average Bonchev–Trinajstić information content (AvgIpc) is 2.81. The number of methoxy groups -OCH3 is 2. The summed E-state index contributed by atoms with van der Waals surface area (Å²) >= 11 is 0. The highest BCUT2D eigenvalue weighted by Crippen LogP contribution is 2.38. The van der Waals surface area contributed by atoms with E-state index in [1.807, 2.05) is 30.3 Å². The molecule has 0 aliphatic heterocycles. The number of hydrogen-bond donors (Lipinski definition) is 0. The second-order valence-electron chi connectivity index (χ2n) is 11.8. The lowest BCUT2D eigenvalue weighted by molar-refractivity contribution is -0.121. The average molecular weight is 517 g/mol. The van der Waals surface area contributed by atoms with Gasteiger partial charge in [0.05, 0.1) is 13.0 Å². The summed E-state index contributed by atoms with van der Waals surface area (Å²) in [6.07, 6.45) is 4.48. The molecule has 0 saturated carbocycles. The molecular formula is C30H48O5Si. The molecule has 0 radical (unpaired) electrons. The first-order valence-electron chi connectivity index (χ1n) is 13.2. The summed E-state index contributed by atoms with van der Waals surface area (Å²) in [6, 6.07) is 7.82. The zero-order chi connectivity index (χ0) is 27.1. The molecule has 1 aromatic rings. The van der Waals surface area contributed by atoms with Gasteiger partial charge in [-0.15, -0.1) is 0 Å². The zero-order valence-electron chi connectivity index (χ0n) is 24.2. The van der Waals surface area contributed by atoms with E-state index in [1.54, 1.807) is 14.2 Å². The van der Waals surface area contributed by atoms with Crippen LogP contribution < -0.4 is 4.74 Å². The van der Waals surface area contributed by atoms with Crippen LogP contribution in [0.25, 0.3) is 0 Å². The van der Waals surface area contributed by atoms with Gasteiger partial charge in [0.15, 0.2) is 14.1 Å². The van der Waals surface area contributed by atoms with Crippen molar-refractivity contribution in [2.24, 2.45) is 11.8 Å². The van der Waals surface area contributed by atoms with Gasteiger partial charge in [-0.1, -0.05) is 58.7 Å². The van der Waals surface area contributed by atoms with Crippen LogP contribution in [0.4, 0.5) is 0 Å². The summed E-state index contributed by atoms with van der Waals surface area (Å²) in [7, 11) is 1.29. The first-order chi connectivity index (χ1) is 16.8. The van der Waals surface area contributed by atoms with E-state index >= 15 is 0 Å². The summed E-state index contributed by atoms with van der Waals surface area (Å²) in [4.78, 5) is 13.8. The third-order valence-corrected chi connectivity index (χ3v) is 12.0. The van der Waals surface area contributed by atoms with Crippen molar-refractivity contribution in [1.29, 1.82) is 0 Å². The summed E-state index contributed by atoms with van der Waals surface area (Å²) < 4.78 is 23.9. The predicted molar refractivity (Wildman–Crippen MR) is 150 cm³/mol. The number of hydrogen-bond acceptors (Lipinski definition) is 5. The number of benzene rings is 1. The molecule has 2 rings (SSSR count). The van der Waals surface area contributed by atoms with E-state index in [-0.39, 0.29) is 16.7 Å². The van der Waals surface area contributed by atoms with Crippen molar-refractivity contribution < 1.29 is 23.4 Å². The smallest absolute Gasteiger partial charge is 0.192 e. The lowest BCUT2D eigenvalue weighted by atomic mass is 9.83. The SMILES string of the molecule is COc1ccc(COC2=CC(CO[Si](C)(C)C(C)(C)C)C(=O)C(=C(C)CCCC(C)C)[C@@H]2OC)cc1. The molecule has 1 aliphatic carbocycles. The van der Waals surface area contributed by atoms with E-state index in [0.717, 1.165) is 41.7 Å². The fourth-order valence-corrected chi connectivity index (χ4v) is 5.09. The maximum atomic E-state index is 13.8. The second kappa shape index (κ2) is 13.1. The van der Waals surface area contributed by atoms with Crippen LogP contribution in [0.15, 0.2) is 47.2 Å². The van der Waals surface area contributed by atoms with Gasteiger partial charge in [-0.2, -0.15) is 0 Å². The van der Waals surface area contributed by atoms with Crippen LogP contribution in [0.2, 0.25) is 18.1 Å². The number of carbonyl (C=O) groups is 1. The Morgan fingerprint density at radius 3 is 2.25 bits per heavy atom. The monoisotopic (exact) mass is 516 g/mol. The van der Waals surface area contributed by atoms with Gasteiger partial charge in [0.25, 0.3) is 0 Å². The first-order valence-corrected chi connectivity index (χ1v) is 16.1. The van der Waals surface area contributed by atoms with E-state index in [9.17, 15) is 4.79 Å². The van der Waals surface area contributed by atoms with Gasteiger partial charge in [0.1, 0.15) is 24.2 Å². The Balaban J connectivity index is 2.35. The van der Waals surface area contributed by atoms with Crippen molar-refractivity contribution in [3.05, 3.63) is 52.8 Å². The minimum Gasteiger partial charge on any atom is -0.497 e. The topological polar surface area (TPSA) is 54.0 Å². The minimum absolute atomic E-state index is 0.0720. The highest BCUT2D eigenvalue weighted by molar-refractivity contribution is 6.74. The Bertz CT molecular complexity index is 922. The van der Waals surface area contributed by atoms with Crippen molar-refractivity contribution in [2.45, 2.75) is 91.6 Å². The number of carbonyl (C=O) groups excluding carboxylic acids is 1. The Hall–Kier alpha value is -1.89. The lowest BCUT2D eigenvalue weighted by Crippen LogP contribution is -2.44. The van der Waals surface area contributed by atoms with Crippen LogP contribution in [0.1, 0.15) is 66.4 Å². The van der Waals surface area contributed by atoms with E-state index in [0.29, 0.717) is 24.9 Å². The summed E-state index contributed by atoms with van der Waals surface area (Å²) in [6.45, 7) is 18.4. The number of Topliss-reactive ketones (excluding diaryl/α,β-unsaturated/α-hetero) is 1. The molecule has 0 bridgehead atoms. The van der Waals surface area contributed by atoms with Crippen LogP contribution in [-0.2, 0) is 25.3 Å². The largest absolute Gasteiger partial charge is 0.497 e. The molecule has 1 aliphatic rings. The summed E-state index contributed by atoms with van der Waals surface area (Å²) in [5, 5.41) is 0.0720. The normalized spacial score (nSPS) is 20.4. The molecule has 1 unspecified atom stereocenters. The van der Waals surface area contributed by atoms with E-state index in [2.05, 4.69) is 54.6 Å². The standard InChI is InChI=1S/C30H48O5Si/c1-21(2)12-11-13-22(3)27-28(31)24(20-35-36(9,10)30(4,5)6)18-26(29(27)33-8)34-19-23-14-16-25(32-7)17-15-23/h14-18,21,24,29H,11-13,19-20H2,1-10H3/t24?,29-/m1/s1. The molecule has 202 valence electrons. The Labute approximate surface area is 220 Å². The van der Waals surface area contributed by atoms with Crippen LogP contribution in [0.5, 0.6) is 5.75 Å². The van der Waals surface area contributed by atoms with Gasteiger partial charge in [-0.25, -0.2) is 0 Å². The molecule has 5 nitrogen and oxygen atoms in total. The number of ether oxygens (including phenoxy) is 3. The van der Waals surface area contributed by atoms with Crippen LogP contribution in [0.3, 0.4) is 0 Å². The molecule has 0 saturated heterocycles. The Kier molecular flexibility index (Phi) is 11.0. The molecule has 0 N–H and O–H groups in total. The van der Waals surface area contributed by atoms with Crippen LogP contribution in [-0.4, -0.2) is 41.0 Å². The third-order valence-electron chi connectivity index (χ3n) is 7.51. The highest BCUT2D eigenvalue weighted by atomic mass is 28.4. The quantitative estimate of drug-likeness (QED) is 0.213.